The number of benzene rings is 1. The van der Waals surface area contributed by atoms with E-state index in [9.17, 15) is 18.8 Å². The molecule has 0 radical (unpaired) electrons. The summed E-state index contributed by atoms with van der Waals surface area (Å²) in [5, 5.41) is 14.1. The quantitative estimate of drug-likeness (QED) is 0.598. The van der Waals surface area contributed by atoms with Crippen LogP contribution < -0.4 is 10.6 Å². The fraction of sp³-hybridized carbons (Fsp3) is 0.263. The molecule has 2 heterocycles. The largest absolute Gasteiger partial charge is 0.465 e. The summed E-state index contributed by atoms with van der Waals surface area (Å²) in [4.78, 5) is 40.9. The van der Waals surface area contributed by atoms with Crippen molar-refractivity contribution < 1.29 is 23.9 Å². The number of nitrogens with zero attached hydrogens (tertiary/aromatic N) is 2. The smallest absolute Gasteiger partial charge is 0.407 e. The van der Waals surface area contributed by atoms with Crippen LogP contribution in [0.4, 0.5) is 20.6 Å². The zero-order valence-corrected chi connectivity index (χ0v) is 16.8. The predicted octanol–water partition coefficient (Wildman–Crippen LogP) is 3.56. The van der Waals surface area contributed by atoms with Gasteiger partial charge in [0.1, 0.15) is 16.1 Å². The van der Waals surface area contributed by atoms with Crippen molar-refractivity contribution in [3.63, 3.8) is 0 Å². The lowest BCUT2D eigenvalue weighted by molar-refractivity contribution is -0.121. The minimum Gasteiger partial charge on any atom is -0.465 e. The predicted molar refractivity (Wildman–Crippen MR) is 107 cm³/mol. The van der Waals surface area contributed by atoms with Crippen molar-refractivity contribution >= 4 is 45.2 Å². The molecule has 1 atom stereocenters. The van der Waals surface area contributed by atoms with Crippen LogP contribution in [0.5, 0.6) is 0 Å². The molecule has 0 aliphatic carbocycles. The second-order valence-electron chi connectivity index (χ2n) is 6.55. The molecule has 1 aliphatic heterocycles. The van der Waals surface area contributed by atoms with Crippen LogP contribution in [0.2, 0.25) is 0 Å². The van der Waals surface area contributed by atoms with E-state index in [1.54, 1.807) is 12.1 Å². The third-order valence-corrected chi connectivity index (χ3v) is 4.94. The Morgan fingerprint density at radius 1 is 1.21 bits per heavy atom. The highest BCUT2D eigenvalue weighted by Gasteiger charge is 2.28. The Morgan fingerprint density at radius 2 is 2.00 bits per heavy atom. The zero-order chi connectivity index (χ0) is 21.0. The summed E-state index contributed by atoms with van der Waals surface area (Å²) >= 11 is 3.18. The number of carboxylic acid groups (broad SMARTS) is 1. The van der Waals surface area contributed by atoms with Gasteiger partial charge in [-0.25, -0.2) is 14.2 Å². The summed E-state index contributed by atoms with van der Waals surface area (Å²) in [5.41, 5.74) is 0.334. The van der Waals surface area contributed by atoms with E-state index in [0.29, 0.717) is 24.0 Å². The maximum atomic E-state index is 14.4. The molecule has 0 spiro atoms. The average Bonchev–Trinajstić information content (AvgIpc) is 2.70. The second-order valence-corrected chi connectivity index (χ2v) is 7.36. The van der Waals surface area contributed by atoms with Crippen LogP contribution >= 0.6 is 15.9 Å². The Hall–Kier alpha value is -3.01. The van der Waals surface area contributed by atoms with E-state index >= 15 is 0 Å². The molecule has 0 bridgehead atoms. The normalized spacial score (nSPS) is 16.2. The van der Waals surface area contributed by atoms with Gasteiger partial charge in [-0.1, -0.05) is 6.07 Å². The molecule has 3 amide bonds. The van der Waals surface area contributed by atoms with E-state index in [2.05, 4.69) is 31.5 Å². The first-order valence-electron chi connectivity index (χ1n) is 8.85. The van der Waals surface area contributed by atoms with Crippen molar-refractivity contribution in [2.45, 2.75) is 12.8 Å². The monoisotopic (exact) mass is 464 g/mol. The highest BCUT2D eigenvalue weighted by Crippen LogP contribution is 2.23. The van der Waals surface area contributed by atoms with Gasteiger partial charge in [-0.15, -0.1) is 0 Å². The summed E-state index contributed by atoms with van der Waals surface area (Å²) in [6.45, 7) is 0.464. The van der Waals surface area contributed by atoms with Crippen molar-refractivity contribution in [3.8, 4) is 0 Å². The number of carbonyl (C=O) groups is 3. The number of piperidine rings is 1. The molecule has 1 aromatic carbocycles. The van der Waals surface area contributed by atoms with Gasteiger partial charge in [-0.05, 0) is 59.1 Å². The SMILES string of the molecule is O=C(Nc1ccc(NC(=O)[C@H]2CCCN(C(=O)O)C2)c(F)c1)c1cccc(Br)n1. The fourth-order valence-corrected chi connectivity index (χ4v) is 3.37. The lowest BCUT2D eigenvalue weighted by atomic mass is 9.97. The van der Waals surface area contributed by atoms with Crippen LogP contribution in [0.3, 0.4) is 0 Å². The first-order valence-corrected chi connectivity index (χ1v) is 9.65. The molecule has 1 aliphatic rings. The number of carbonyl (C=O) groups excluding carboxylic acids is 2. The van der Waals surface area contributed by atoms with Crippen LogP contribution in [0.1, 0.15) is 23.3 Å². The average molecular weight is 465 g/mol. The zero-order valence-electron chi connectivity index (χ0n) is 15.2. The maximum Gasteiger partial charge on any atom is 0.407 e. The first-order chi connectivity index (χ1) is 13.8. The molecule has 1 saturated heterocycles. The van der Waals surface area contributed by atoms with E-state index in [4.69, 9.17) is 5.11 Å². The van der Waals surface area contributed by atoms with Crippen LogP contribution in [-0.2, 0) is 4.79 Å². The number of anilines is 2. The molecule has 3 N–H and O–H groups in total. The molecule has 1 fully saturated rings. The van der Waals surface area contributed by atoms with Crippen LogP contribution in [0, 0.1) is 11.7 Å². The minimum absolute atomic E-state index is 0.0407. The summed E-state index contributed by atoms with van der Waals surface area (Å²) in [5.74, 6) is -2.20. The number of hydrogen-bond acceptors (Lipinski definition) is 4. The molecule has 0 saturated carbocycles. The van der Waals surface area contributed by atoms with Crippen LogP contribution in [0.15, 0.2) is 41.0 Å². The summed E-state index contributed by atoms with van der Waals surface area (Å²) in [6, 6.07) is 8.75. The second kappa shape index (κ2) is 8.99. The number of hydrogen-bond donors (Lipinski definition) is 3. The highest BCUT2D eigenvalue weighted by molar-refractivity contribution is 9.10. The number of likely N-dealkylation sites (tertiary alicyclic amines) is 1. The molecule has 8 nitrogen and oxygen atoms in total. The van der Waals surface area contributed by atoms with Gasteiger partial charge in [-0.2, -0.15) is 0 Å². The lowest BCUT2D eigenvalue weighted by Crippen LogP contribution is -2.43. The van der Waals surface area contributed by atoms with Gasteiger partial charge in [0.2, 0.25) is 5.91 Å². The summed E-state index contributed by atoms with van der Waals surface area (Å²) in [7, 11) is 0. The van der Waals surface area contributed by atoms with E-state index < -0.39 is 29.6 Å². The fourth-order valence-electron chi connectivity index (χ4n) is 3.02. The van der Waals surface area contributed by atoms with Gasteiger partial charge < -0.3 is 20.6 Å². The number of pyridine rings is 1. The first kappa shape index (κ1) is 20.7. The Balaban J connectivity index is 1.64. The van der Waals surface area contributed by atoms with Gasteiger partial charge in [-0.3, -0.25) is 9.59 Å². The molecule has 0 unspecified atom stereocenters. The van der Waals surface area contributed by atoms with Gasteiger partial charge >= 0.3 is 6.09 Å². The highest BCUT2D eigenvalue weighted by atomic mass is 79.9. The van der Waals surface area contributed by atoms with Crippen molar-refractivity contribution in [1.82, 2.24) is 9.88 Å². The third-order valence-electron chi connectivity index (χ3n) is 4.50. The molecule has 10 heteroatoms. The number of halogens is 2. The molecule has 2 aromatic rings. The van der Waals surface area contributed by atoms with E-state index in [-0.39, 0.29) is 23.6 Å². The number of amides is 3. The van der Waals surface area contributed by atoms with Crippen molar-refractivity contribution in [2.24, 2.45) is 5.92 Å². The molecular formula is C19H18BrFN4O4. The molecular weight excluding hydrogens is 447 g/mol. The Kier molecular flexibility index (Phi) is 6.42. The summed E-state index contributed by atoms with van der Waals surface area (Å²) < 4.78 is 14.9. The molecule has 29 heavy (non-hydrogen) atoms. The Labute approximate surface area is 174 Å². The van der Waals surface area contributed by atoms with Gasteiger partial charge in [0.05, 0.1) is 11.6 Å². The van der Waals surface area contributed by atoms with E-state index in [1.807, 2.05) is 0 Å². The molecule has 1 aromatic heterocycles. The van der Waals surface area contributed by atoms with Gasteiger partial charge in [0.25, 0.3) is 5.91 Å². The number of nitrogens with one attached hydrogen (secondary N) is 2. The Morgan fingerprint density at radius 3 is 2.69 bits per heavy atom. The van der Waals surface area contributed by atoms with E-state index in [1.165, 1.54) is 23.1 Å². The minimum atomic E-state index is -1.08. The standard InChI is InChI=1S/C19H18BrFN4O4/c20-16-5-1-4-15(23-16)18(27)22-12-6-7-14(13(21)9-12)24-17(26)11-3-2-8-25(10-11)19(28)29/h1,4-7,9,11H,2-3,8,10H2,(H,22,27)(H,24,26)(H,28,29)/t11-/m0/s1. The van der Waals surface area contributed by atoms with Gasteiger partial charge in [0, 0.05) is 18.8 Å². The number of aromatic nitrogens is 1. The molecule has 152 valence electrons. The van der Waals surface area contributed by atoms with Crippen molar-refractivity contribution in [1.29, 1.82) is 0 Å². The van der Waals surface area contributed by atoms with E-state index in [0.717, 1.165) is 6.07 Å². The van der Waals surface area contributed by atoms with Gasteiger partial charge in [0.15, 0.2) is 0 Å². The summed E-state index contributed by atoms with van der Waals surface area (Å²) in [6.07, 6.45) is 0.0284. The van der Waals surface area contributed by atoms with Crippen molar-refractivity contribution in [3.05, 3.63) is 52.5 Å². The number of rotatable bonds is 4. The van der Waals surface area contributed by atoms with Crippen LogP contribution in [-0.4, -0.2) is 46.0 Å². The topological polar surface area (TPSA) is 112 Å². The Bertz CT molecular complexity index is 956. The third kappa shape index (κ3) is 5.29. The lowest BCUT2D eigenvalue weighted by Gasteiger charge is -2.29. The van der Waals surface area contributed by atoms with Crippen LogP contribution in [0.25, 0.3) is 0 Å². The maximum absolute atomic E-state index is 14.4. The van der Waals surface area contributed by atoms with Crippen molar-refractivity contribution in [2.75, 3.05) is 23.7 Å². The molecule has 3 rings (SSSR count).